The lowest BCUT2D eigenvalue weighted by Crippen LogP contribution is -1.73. The van der Waals surface area contributed by atoms with Gasteiger partial charge < -0.3 is 11.3 Å². The Balaban J connectivity index is -0.000000209. The van der Waals surface area contributed by atoms with Gasteiger partial charge in [-0.1, -0.05) is 58.6 Å². The van der Waals surface area contributed by atoms with Crippen molar-refractivity contribution in [2.45, 2.75) is 59.3 Å². The fourth-order valence-corrected chi connectivity index (χ4v) is 0.705. The summed E-state index contributed by atoms with van der Waals surface area (Å²) in [6.07, 6.45) is 11.4. The Kier molecular flexibility index (Phi) is 31.6. The molecule has 0 aromatic carbocycles. The molecule has 0 aliphatic carbocycles. The van der Waals surface area contributed by atoms with Gasteiger partial charge in [0.1, 0.15) is 0 Å². The molecule has 0 rings (SSSR count). The summed E-state index contributed by atoms with van der Waals surface area (Å²) in [5.41, 5.74) is 0. The van der Waals surface area contributed by atoms with Gasteiger partial charge in [0.25, 0.3) is 0 Å². The van der Waals surface area contributed by atoms with Crippen LogP contribution in [-0.4, -0.2) is 11.7 Å². The maximum Gasteiger partial charge on any atom is 0.0612 e. The molecule has 0 heterocycles. The zero-order valence-corrected chi connectivity index (χ0v) is 10.3. The number of hydrogen-bond acceptors (Lipinski definition) is 2. The smallest absolute Gasteiger partial charge is 0.0612 e. The summed E-state index contributed by atoms with van der Waals surface area (Å²) < 4.78 is 0. The molecular formula is C12H29NO. The molecule has 0 fully saturated rings. The molecule has 2 nitrogen and oxygen atoms in total. The van der Waals surface area contributed by atoms with Crippen molar-refractivity contribution in [3.63, 3.8) is 0 Å². The summed E-state index contributed by atoms with van der Waals surface area (Å²) in [6.45, 7) is 6.74. The summed E-state index contributed by atoms with van der Waals surface area (Å²) in [7, 11) is 0. The minimum Gasteiger partial charge on any atom is -0.392 e. The predicted molar refractivity (Wildman–Crippen MR) is 66.0 cm³/mol. The molecule has 0 radical (unpaired) electrons. The number of hydrogen-bond donors (Lipinski definition) is 2. The molecule has 0 aromatic heterocycles. The second-order valence-electron chi connectivity index (χ2n) is 3.15. The maximum absolute atomic E-state index is 8.34. The molecule has 0 saturated heterocycles. The third-order valence-corrected chi connectivity index (χ3v) is 1.75. The van der Waals surface area contributed by atoms with E-state index in [0.717, 1.165) is 6.42 Å². The topological polar surface area (TPSA) is 55.2 Å². The monoisotopic (exact) mass is 203 g/mol. The molecule has 0 aromatic rings. The molecule has 0 bridgehead atoms. The van der Waals surface area contributed by atoms with Gasteiger partial charge in [-0.15, -0.1) is 0 Å². The van der Waals surface area contributed by atoms with Crippen molar-refractivity contribution in [2.24, 2.45) is 0 Å². The van der Waals surface area contributed by atoms with Gasteiger partial charge in [-0.25, -0.2) is 0 Å². The van der Waals surface area contributed by atoms with E-state index in [0.29, 0.717) is 0 Å². The standard InChI is InChI=1S/C8H16O.C4H10.H3N/c1-2-3-4-5-6-7-8-9;1-3-4-2;/h6-7,9H,2-5,8H2,1H3;3-4H2,1-2H3;1H3/b7-6+;;. The van der Waals surface area contributed by atoms with Crippen molar-refractivity contribution in [2.75, 3.05) is 6.61 Å². The molecule has 0 saturated carbocycles. The van der Waals surface area contributed by atoms with Gasteiger partial charge in [0.15, 0.2) is 0 Å². The summed E-state index contributed by atoms with van der Waals surface area (Å²) in [4.78, 5) is 0. The van der Waals surface area contributed by atoms with Crippen molar-refractivity contribution in [1.29, 1.82) is 0 Å². The Morgan fingerprint density at radius 2 is 1.43 bits per heavy atom. The Morgan fingerprint density at radius 3 is 1.79 bits per heavy atom. The maximum atomic E-state index is 8.34. The summed E-state index contributed by atoms with van der Waals surface area (Å²) in [5.74, 6) is 0. The van der Waals surface area contributed by atoms with Gasteiger partial charge in [0, 0.05) is 0 Å². The number of unbranched alkanes of at least 4 members (excludes halogenated alkanes) is 4. The van der Waals surface area contributed by atoms with E-state index in [1.165, 1.54) is 32.1 Å². The molecule has 0 unspecified atom stereocenters. The molecule has 0 aliphatic rings. The first-order chi connectivity index (χ1) is 6.33. The van der Waals surface area contributed by atoms with Crippen LogP contribution in [0.25, 0.3) is 0 Å². The quantitative estimate of drug-likeness (QED) is 0.504. The third-order valence-electron chi connectivity index (χ3n) is 1.75. The first-order valence-corrected chi connectivity index (χ1v) is 5.59. The molecule has 0 amide bonds. The van der Waals surface area contributed by atoms with E-state index in [4.69, 9.17) is 5.11 Å². The van der Waals surface area contributed by atoms with Crippen LogP contribution in [0.15, 0.2) is 12.2 Å². The highest BCUT2D eigenvalue weighted by Crippen LogP contribution is 1.98. The van der Waals surface area contributed by atoms with Crippen LogP contribution in [0.2, 0.25) is 0 Å². The van der Waals surface area contributed by atoms with Crippen LogP contribution in [0.1, 0.15) is 59.3 Å². The van der Waals surface area contributed by atoms with E-state index in [1.54, 1.807) is 6.08 Å². The van der Waals surface area contributed by atoms with Gasteiger partial charge in [-0.3, -0.25) is 0 Å². The Hall–Kier alpha value is -0.340. The first-order valence-electron chi connectivity index (χ1n) is 5.59. The van der Waals surface area contributed by atoms with Crippen LogP contribution in [0.3, 0.4) is 0 Å². The summed E-state index contributed by atoms with van der Waals surface area (Å²) in [5, 5.41) is 8.34. The molecular weight excluding hydrogens is 174 g/mol. The average molecular weight is 203 g/mol. The Labute approximate surface area is 90.0 Å². The second-order valence-corrected chi connectivity index (χ2v) is 3.15. The van der Waals surface area contributed by atoms with Crippen LogP contribution < -0.4 is 6.15 Å². The second kappa shape index (κ2) is 23.0. The molecule has 0 aliphatic heterocycles. The fourth-order valence-electron chi connectivity index (χ4n) is 0.705. The fraction of sp³-hybridized carbons (Fsp3) is 0.833. The summed E-state index contributed by atoms with van der Waals surface area (Å²) >= 11 is 0. The largest absolute Gasteiger partial charge is 0.392 e. The van der Waals surface area contributed by atoms with Crippen molar-refractivity contribution in [1.82, 2.24) is 6.15 Å². The normalized spacial score (nSPS) is 9.14. The number of rotatable bonds is 6. The van der Waals surface area contributed by atoms with Gasteiger partial charge >= 0.3 is 0 Å². The molecule has 0 spiro atoms. The minimum absolute atomic E-state index is 0. The number of aliphatic hydroxyl groups excluding tert-OH is 1. The van der Waals surface area contributed by atoms with E-state index < -0.39 is 0 Å². The van der Waals surface area contributed by atoms with Crippen LogP contribution in [0.4, 0.5) is 0 Å². The minimum atomic E-state index is 0. The zero-order valence-electron chi connectivity index (χ0n) is 10.3. The zero-order chi connectivity index (χ0) is 10.4. The van der Waals surface area contributed by atoms with Crippen LogP contribution in [0, 0.1) is 0 Å². The van der Waals surface area contributed by atoms with Crippen molar-refractivity contribution in [3.8, 4) is 0 Å². The third kappa shape index (κ3) is 29.9. The lowest BCUT2D eigenvalue weighted by atomic mass is 10.2. The van der Waals surface area contributed by atoms with Gasteiger partial charge in [0.05, 0.1) is 6.61 Å². The van der Waals surface area contributed by atoms with Crippen molar-refractivity contribution >= 4 is 0 Å². The van der Waals surface area contributed by atoms with E-state index >= 15 is 0 Å². The average Bonchev–Trinajstić information content (AvgIpc) is 2.18. The molecule has 14 heavy (non-hydrogen) atoms. The Morgan fingerprint density at radius 1 is 0.857 bits per heavy atom. The van der Waals surface area contributed by atoms with Gasteiger partial charge in [-0.05, 0) is 12.8 Å². The van der Waals surface area contributed by atoms with E-state index in [1.807, 2.05) is 6.08 Å². The van der Waals surface area contributed by atoms with E-state index in [-0.39, 0.29) is 12.8 Å². The molecule has 4 N–H and O–H groups in total. The van der Waals surface area contributed by atoms with Crippen molar-refractivity contribution in [3.05, 3.63) is 12.2 Å². The number of aliphatic hydroxyl groups is 1. The van der Waals surface area contributed by atoms with Crippen LogP contribution >= 0.6 is 0 Å². The van der Waals surface area contributed by atoms with Gasteiger partial charge in [-0.2, -0.15) is 0 Å². The number of allylic oxidation sites excluding steroid dienone is 1. The Bertz CT molecular complexity index is 90.3. The SMILES string of the molecule is CCCC.CCCCC/C=C/CO.N. The lowest BCUT2D eigenvalue weighted by molar-refractivity contribution is 0.342. The highest BCUT2D eigenvalue weighted by molar-refractivity contribution is 4.80. The van der Waals surface area contributed by atoms with Crippen LogP contribution in [-0.2, 0) is 0 Å². The highest BCUT2D eigenvalue weighted by Gasteiger charge is 1.79. The van der Waals surface area contributed by atoms with Crippen molar-refractivity contribution < 1.29 is 5.11 Å². The predicted octanol–water partition coefficient (Wildman–Crippen LogP) is 4.08. The van der Waals surface area contributed by atoms with E-state index in [9.17, 15) is 0 Å². The lowest BCUT2D eigenvalue weighted by Gasteiger charge is -1.89. The van der Waals surface area contributed by atoms with E-state index in [2.05, 4.69) is 20.8 Å². The van der Waals surface area contributed by atoms with Crippen LogP contribution in [0.5, 0.6) is 0 Å². The van der Waals surface area contributed by atoms with Gasteiger partial charge in [0.2, 0.25) is 0 Å². The molecule has 2 heteroatoms. The summed E-state index contributed by atoms with van der Waals surface area (Å²) in [6, 6.07) is 0. The molecule has 0 atom stereocenters. The first kappa shape index (κ1) is 19.3. The molecule has 88 valence electrons. The highest BCUT2D eigenvalue weighted by atomic mass is 16.2.